The van der Waals surface area contributed by atoms with Crippen LogP contribution in [0.4, 0.5) is 5.69 Å². The van der Waals surface area contributed by atoms with Gasteiger partial charge in [-0.1, -0.05) is 86.8 Å². The van der Waals surface area contributed by atoms with Gasteiger partial charge in [0.15, 0.2) is 0 Å². The van der Waals surface area contributed by atoms with E-state index in [1.165, 1.54) is 17.0 Å². The highest BCUT2D eigenvalue weighted by Gasteiger charge is 2.34. The number of nitrogens with one attached hydrogen (secondary N) is 1. The summed E-state index contributed by atoms with van der Waals surface area (Å²) < 4.78 is 29.3. The van der Waals surface area contributed by atoms with Crippen LogP contribution in [0.1, 0.15) is 70.1 Å². The number of hydrogen-bond acceptors (Lipinski definition) is 4. The third-order valence-electron chi connectivity index (χ3n) is 7.51. The summed E-state index contributed by atoms with van der Waals surface area (Å²) in [6.45, 7) is 11.0. The first kappa shape index (κ1) is 34.4. The molecule has 0 aromatic heterocycles. The number of halogens is 2. The van der Waals surface area contributed by atoms with Crippen LogP contribution in [0.15, 0.2) is 71.6 Å². The Bertz CT molecular complexity index is 1490. The van der Waals surface area contributed by atoms with Gasteiger partial charge in [-0.2, -0.15) is 0 Å². The number of carbonyl (C=O) groups excluding carboxylic acids is 2. The zero-order valence-electron chi connectivity index (χ0n) is 25.6. The van der Waals surface area contributed by atoms with Gasteiger partial charge in [0.25, 0.3) is 10.0 Å². The fourth-order valence-corrected chi connectivity index (χ4v) is 6.54. The van der Waals surface area contributed by atoms with Crippen molar-refractivity contribution in [3.8, 4) is 0 Å². The number of aryl methyl sites for hydroxylation is 1. The number of sulfonamides is 1. The highest BCUT2D eigenvalue weighted by atomic mass is 35.5. The second-order valence-electron chi connectivity index (χ2n) is 11.0. The Kier molecular flexibility index (Phi) is 12.1. The van der Waals surface area contributed by atoms with Crippen LogP contribution in [0, 0.1) is 6.92 Å². The number of carbonyl (C=O) groups is 2. The molecule has 0 unspecified atom stereocenters. The number of anilines is 1. The molecule has 0 aliphatic carbocycles. The summed E-state index contributed by atoms with van der Waals surface area (Å²) in [5.74, 6) is -0.656. The Morgan fingerprint density at radius 3 is 1.95 bits per heavy atom. The molecule has 10 heteroatoms. The first-order valence-electron chi connectivity index (χ1n) is 14.5. The predicted molar refractivity (Wildman–Crippen MR) is 175 cm³/mol. The molecule has 2 amide bonds. The van der Waals surface area contributed by atoms with Gasteiger partial charge in [0.05, 0.1) is 10.6 Å². The molecule has 0 radical (unpaired) electrons. The molecular weight excluding hydrogens is 605 g/mol. The maximum Gasteiger partial charge on any atom is 0.264 e. The molecule has 0 saturated heterocycles. The standard InChI is InChI=1S/C33H41Cl2N3O4S/c1-7-24(6)36-33(40)31(8-2)37(20-28-29(34)10-9-11-30(28)35)32(39)21-38(26-16-14-25(15-17-26)22(3)4)43(41,42)27-18-12-23(5)13-19-27/h9-19,22,24,31H,7-8,20-21H2,1-6H3,(H,36,40)/t24-,31-/m0/s1. The van der Waals surface area contributed by atoms with E-state index in [2.05, 4.69) is 5.32 Å². The molecule has 0 bridgehead atoms. The predicted octanol–water partition coefficient (Wildman–Crippen LogP) is 7.34. The van der Waals surface area contributed by atoms with Crippen molar-refractivity contribution in [3.63, 3.8) is 0 Å². The monoisotopic (exact) mass is 645 g/mol. The minimum Gasteiger partial charge on any atom is -0.352 e. The second-order valence-corrected chi connectivity index (χ2v) is 13.7. The topological polar surface area (TPSA) is 86.8 Å². The molecular formula is C33H41Cl2N3O4S. The van der Waals surface area contributed by atoms with Gasteiger partial charge in [-0.3, -0.25) is 13.9 Å². The minimum atomic E-state index is -4.16. The van der Waals surface area contributed by atoms with Crippen LogP contribution < -0.4 is 9.62 Å². The zero-order valence-corrected chi connectivity index (χ0v) is 27.9. The third-order valence-corrected chi connectivity index (χ3v) is 10.0. The lowest BCUT2D eigenvalue weighted by molar-refractivity contribution is -0.140. The van der Waals surface area contributed by atoms with Crippen LogP contribution in [0.2, 0.25) is 10.0 Å². The van der Waals surface area contributed by atoms with Gasteiger partial charge in [-0.05, 0) is 74.6 Å². The molecule has 0 fully saturated rings. The van der Waals surface area contributed by atoms with Gasteiger partial charge in [-0.15, -0.1) is 0 Å². The molecule has 2 atom stereocenters. The van der Waals surface area contributed by atoms with Crippen LogP contribution in [0.25, 0.3) is 0 Å². The van der Waals surface area contributed by atoms with Gasteiger partial charge >= 0.3 is 0 Å². The Hall–Kier alpha value is -3.07. The van der Waals surface area contributed by atoms with E-state index in [1.807, 2.05) is 46.8 Å². The van der Waals surface area contributed by atoms with E-state index in [0.717, 1.165) is 15.4 Å². The Balaban J connectivity index is 2.11. The lowest BCUT2D eigenvalue weighted by atomic mass is 10.0. The highest BCUT2D eigenvalue weighted by molar-refractivity contribution is 7.92. The molecule has 43 heavy (non-hydrogen) atoms. The molecule has 232 valence electrons. The molecule has 7 nitrogen and oxygen atoms in total. The van der Waals surface area contributed by atoms with Crippen molar-refractivity contribution < 1.29 is 18.0 Å². The fourth-order valence-electron chi connectivity index (χ4n) is 4.61. The largest absolute Gasteiger partial charge is 0.352 e. The number of benzene rings is 3. The Morgan fingerprint density at radius 2 is 1.44 bits per heavy atom. The molecule has 1 N–H and O–H groups in total. The zero-order chi connectivity index (χ0) is 31.9. The smallest absolute Gasteiger partial charge is 0.264 e. The van der Waals surface area contributed by atoms with Crippen molar-refractivity contribution in [2.24, 2.45) is 0 Å². The lowest BCUT2D eigenvalue weighted by Gasteiger charge is -2.34. The normalized spacial score (nSPS) is 13.0. The van der Waals surface area contributed by atoms with Crippen molar-refractivity contribution in [3.05, 3.63) is 93.5 Å². The van der Waals surface area contributed by atoms with E-state index in [9.17, 15) is 18.0 Å². The van der Waals surface area contributed by atoms with Crippen molar-refractivity contribution in [2.45, 2.75) is 83.8 Å². The summed E-state index contributed by atoms with van der Waals surface area (Å²) in [4.78, 5) is 29.2. The quantitative estimate of drug-likeness (QED) is 0.211. The Morgan fingerprint density at radius 1 is 0.860 bits per heavy atom. The highest BCUT2D eigenvalue weighted by Crippen LogP contribution is 2.29. The van der Waals surface area contributed by atoms with Crippen LogP contribution in [-0.4, -0.2) is 43.8 Å². The van der Waals surface area contributed by atoms with Crippen LogP contribution in [-0.2, 0) is 26.2 Å². The van der Waals surface area contributed by atoms with E-state index in [4.69, 9.17) is 23.2 Å². The summed E-state index contributed by atoms with van der Waals surface area (Å²) in [5, 5.41) is 3.65. The number of hydrogen-bond donors (Lipinski definition) is 1. The van der Waals surface area contributed by atoms with E-state index in [-0.39, 0.29) is 29.3 Å². The average Bonchev–Trinajstić information content (AvgIpc) is 2.97. The van der Waals surface area contributed by atoms with E-state index >= 15 is 0 Å². The summed E-state index contributed by atoms with van der Waals surface area (Å²) in [6, 6.07) is 17.6. The molecule has 0 spiro atoms. The first-order chi connectivity index (χ1) is 20.3. The number of nitrogens with zero attached hydrogens (tertiary/aromatic N) is 2. The molecule has 0 aliphatic heterocycles. The number of amides is 2. The van der Waals surface area contributed by atoms with Crippen LogP contribution in [0.5, 0.6) is 0 Å². The van der Waals surface area contributed by atoms with Crippen molar-refractivity contribution in [2.75, 3.05) is 10.8 Å². The summed E-state index contributed by atoms with van der Waals surface area (Å²) >= 11 is 13.0. The maximum absolute atomic E-state index is 14.3. The first-order valence-corrected chi connectivity index (χ1v) is 16.7. The Labute approximate surface area is 266 Å². The van der Waals surface area contributed by atoms with Crippen LogP contribution >= 0.6 is 23.2 Å². The summed E-state index contributed by atoms with van der Waals surface area (Å²) in [7, 11) is -4.16. The van der Waals surface area contributed by atoms with Gasteiger partial charge in [0, 0.05) is 28.2 Å². The molecule has 0 heterocycles. The van der Waals surface area contributed by atoms with Gasteiger partial charge in [-0.25, -0.2) is 8.42 Å². The van der Waals surface area contributed by atoms with Gasteiger partial charge in [0.1, 0.15) is 12.6 Å². The molecule has 0 saturated carbocycles. The van der Waals surface area contributed by atoms with E-state index in [0.29, 0.717) is 34.1 Å². The minimum absolute atomic E-state index is 0.0566. The average molecular weight is 647 g/mol. The van der Waals surface area contributed by atoms with E-state index < -0.39 is 28.5 Å². The van der Waals surface area contributed by atoms with Gasteiger partial charge in [0.2, 0.25) is 11.8 Å². The molecule has 3 rings (SSSR count). The van der Waals surface area contributed by atoms with Crippen molar-refractivity contribution >= 4 is 50.7 Å². The van der Waals surface area contributed by atoms with E-state index in [1.54, 1.807) is 49.4 Å². The van der Waals surface area contributed by atoms with Crippen molar-refractivity contribution in [1.29, 1.82) is 0 Å². The lowest BCUT2D eigenvalue weighted by Crippen LogP contribution is -2.53. The third kappa shape index (κ3) is 8.52. The summed E-state index contributed by atoms with van der Waals surface area (Å²) in [6.07, 6.45) is 1.01. The fraction of sp³-hybridized carbons (Fsp3) is 0.394. The number of rotatable bonds is 13. The molecule has 3 aromatic rings. The SMILES string of the molecule is CC[C@H](C)NC(=O)[C@H](CC)N(Cc1c(Cl)cccc1Cl)C(=O)CN(c1ccc(C(C)C)cc1)S(=O)(=O)c1ccc(C)cc1. The molecule has 0 aliphatic rings. The van der Waals surface area contributed by atoms with Crippen molar-refractivity contribution in [1.82, 2.24) is 10.2 Å². The maximum atomic E-state index is 14.3. The summed E-state index contributed by atoms with van der Waals surface area (Å²) in [5.41, 5.74) is 2.75. The van der Waals surface area contributed by atoms with Gasteiger partial charge < -0.3 is 10.2 Å². The second kappa shape index (κ2) is 15.1. The van der Waals surface area contributed by atoms with Crippen LogP contribution in [0.3, 0.4) is 0 Å². The molecule has 3 aromatic carbocycles.